The second kappa shape index (κ2) is 5.19. The van der Waals surface area contributed by atoms with E-state index in [0.717, 1.165) is 18.7 Å². The number of methoxy groups -OCH3 is 1. The summed E-state index contributed by atoms with van der Waals surface area (Å²) >= 11 is 0. The Hall–Kier alpha value is -0.500. The summed E-state index contributed by atoms with van der Waals surface area (Å²) in [5.74, 6) is 0. The largest absolute Gasteiger partial charge is 0.383 e. The number of nitrogens with zero attached hydrogens (tertiary/aromatic N) is 1. The van der Waals surface area contributed by atoms with Crippen molar-refractivity contribution < 1.29 is 4.74 Å². The van der Waals surface area contributed by atoms with Crippen molar-refractivity contribution >= 4 is 0 Å². The lowest BCUT2D eigenvalue weighted by Crippen LogP contribution is -2.32. The van der Waals surface area contributed by atoms with Crippen LogP contribution in [0.5, 0.6) is 0 Å². The number of likely N-dealkylation sites (N-methyl/N-ethyl adjacent to an activating group) is 1. The van der Waals surface area contributed by atoms with Gasteiger partial charge in [0.2, 0.25) is 0 Å². The van der Waals surface area contributed by atoms with Crippen molar-refractivity contribution in [2.24, 2.45) is 0 Å². The van der Waals surface area contributed by atoms with Gasteiger partial charge in [-0.2, -0.15) is 0 Å². The molecule has 0 aromatic carbocycles. The maximum atomic E-state index is 5.08. The summed E-state index contributed by atoms with van der Waals surface area (Å²) in [5, 5.41) is 0. The first-order chi connectivity index (χ1) is 5.13. The van der Waals surface area contributed by atoms with Crippen molar-refractivity contribution in [2.75, 3.05) is 20.8 Å². The Morgan fingerprint density at radius 2 is 2.18 bits per heavy atom. The zero-order chi connectivity index (χ0) is 8.85. The van der Waals surface area contributed by atoms with Gasteiger partial charge in [-0.05, 0) is 13.3 Å². The third kappa shape index (κ3) is 3.42. The molecule has 0 amide bonds. The maximum Gasteiger partial charge on any atom is 0.0665 e. The fraction of sp³-hybridized carbons (Fsp3) is 0.778. The molecule has 2 nitrogen and oxygen atoms in total. The van der Waals surface area contributed by atoms with E-state index in [9.17, 15) is 0 Å². The molecular formula is C9H19NO. The van der Waals surface area contributed by atoms with Crippen LogP contribution in [0.1, 0.15) is 20.3 Å². The predicted molar refractivity (Wildman–Crippen MR) is 48.5 cm³/mol. The topological polar surface area (TPSA) is 12.5 Å². The average Bonchev–Trinajstić information content (AvgIpc) is 1.98. The van der Waals surface area contributed by atoms with E-state index in [-0.39, 0.29) is 0 Å². The molecule has 0 rings (SSSR count). The third-order valence-electron chi connectivity index (χ3n) is 1.98. The number of ether oxygens (including phenoxy) is 1. The van der Waals surface area contributed by atoms with Crippen molar-refractivity contribution in [3.05, 3.63) is 12.3 Å². The van der Waals surface area contributed by atoms with E-state index in [1.54, 1.807) is 7.11 Å². The van der Waals surface area contributed by atoms with E-state index in [0.29, 0.717) is 6.04 Å². The van der Waals surface area contributed by atoms with Crippen LogP contribution in [0.4, 0.5) is 0 Å². The van der Waals surface area contributed by atoms with Crippen molar-refractivity contribution in [3.63, 3.8) is 0 Å². The van der Waals surface area contributed by atoms with Crippen molar-refractivity contribution in [1.82, 2.24) is 4.90 Å². The summed E-state index contributed by atoms with van der Waals surface area (Å²) in [6.07, 6.45) is 1.09. The molecule has 1 unspecified atom stereocenters. The van der Waals surface area contributed by atoms with Crippen LogP contribution < -0.4 is 0 Å². The summed E-state index contributed by atoms with van der Waals surface area (Å²) in [4.78, 5) is 2.16. The van der Waals surface area contributed by atoms with E-state index < -0.39 is 0 Å². The Morgan fingerprint density at radius 1 is 1.64 bits per heavy atom. The van der Waals surface area contributed by atoms with Crippen LogP contribution in [-0.2, 0) is 4.74 Å². The molecule has 1 atom stereocenters. The lowest BCUT2D eigenvalue weighted by Gasteiger charge is -2.28. The first-order valence-corrected chi connectivity index (χ1v) is 4.00. The smallest absolute Gasteiger partial charge is 0.0665 e. The molecule has 11 heavy (non-hydrogen) atoms. The van der Waals surface area contributed by atoms with Gasteiger partial charge in [0.05, 0.1) is 12.6 Å². The SMILES string of the molecule is C=C(C)N(C)C(CC)COC. The first-order valence-electron chi connectivity index (χ1n) is 4.00. The molecule has 0 saturated carbocycles. The molecule has 0 fully saturated rings. The predicted octanol–water partition coefficient (Wildman–Crippen LogP) is 1.88. The maximum absolute atomic E-state index is 5.08. The molecular weight excluding hydrogens is 138 g/mol. The van der Waals surface area contributed by atoms with Crippen molar-refractivity contribution in [2.45, 2.75) is 26.3 Å². The summed E-state index contributed by atoms with van der Waals surface area (Å²) in [5.41, 5.74) is 1.09. The van der Waals surface area contributed by atoms with Gasteiger partial charge in [-0.1, -0.05) is 13.5 Å². The molecule has 0 N–H and O–H groups in total. The molecule has 0 aliphatic rings. The standard InChI is InChI=1S/C9H19NO/c1-6-9(7-11-5)10(4)8(2)3/h9H,2,6-7H2,1,3-5H3. The van der Waals surface area contributed by atoms with Crippen molar-refractivity contribution in [3.8, 4) is 0 Å². The van der Waals surface area contributed by atoms with Gasteiger partial charge in [-0.25, -0.2) is 0 Å². The number of allylic oxidation sites excluding steroid dienone is 1. The summed E-state index contributed by atoms with van der Waals surface area (Å²) in [7, 11) is 3.78. The zero-order valence-corrected chi connectivity index (χ0v) is 8.05. The highest BCUT2D eigenvalue weighted by molar-refractivity contribution is 4.89. The Kier molecular flexibility index (Phi) is 4.95. The van der Waals surface area contributed by atoms with Gasteiger partial charge in [0.25, 0.3) is 0 Å². The molecule has 0 bridgehead atoms. The average molecular weight is 157 g/mol. The van der Waals surface area contributed by atoms with E-state index in [4.69, 9.17) is 4.74 Å². The fourth-order valence-electron chi connectivity index (χ4n) is 1.01. The molecule has 0 spiro atoms. The van der Waals surface area contributed by atoms with Gasteiger partial charge in [-0.3, -0.25) is 0 Å². The second-order valence-corrected chi connectivity index (χ2v) is 2.86. The van der Waals surface area contributed by atoms with Gasteiger partial charge in [0.15, 0.2) is 0 Å². The number of hydrogen-bond donors (Lipinski definition) is 0. The van der Waals surface area contributed by atoms with Gasteiger partial charge >= 0.3 is 0 Å². The first kappa shape index (κ1) is 10.5. The van der Waals surface area contributed by atoms with Crippen LogP contribution in [0.25, 0.3) is 0 Å². The highest BCUT2D eigenvalue weighted by atomic mass is 16.5. The summed E-state index contributed by atoms with van der Waals surface area (Å²) in [6, 6.07) is 0.470. The fourth-order valence-corrected chi connectivity index (χ4v) is 1.01. The molecule has 0 aliphatic heterocycles. The highest BCUT2D eigenvalue weighted by Gasteiger charge is 2.10. The van der Waals surface area contributed by atoms with Crippen LogP contribution in [-0.4, -0.2) is 31.7 Å². The summed E-state index contributed by atoms with van der Waals surface area (Å²) in [6.45, 7) is 8.82. The minimum absolute atomic E-state index is 0.470. The Bertz CT molecular complexity index is 123. The van der Waals surface area contributed by atoms with E-state index >= 15 is 0 Å². The minimum Gasteiger partial charge on any atom is -0.383 e. The van der Waals surface area contributed by atoms with Gasteiger partial charge in [-0.15, -0.1) is 0 Å². The quantitative estimate of drug-likeness (QED) is 0.604. The summed E-state index contributed by atoms with van der Waals surface area (Å²) < 4.78 is 5.08. The number of rotatable bonds is 5. The number of hydrogen-bond acceptors (Lipinski definition) is 2. The van der Waals surface area contributed by atoms with Crippen LogP contribution in [0.2, 0.25) is 0 Å². The molecule has 0 radical (unpaired) electrons. The molecule has 2 heteroatoms. The molecule has 0 aliphatic carbocycles. The third-order valence-corrected chi connectivity index (χ3v) is 1.98. The Balaban J connectivity index is 3.91. The Morgan fingerprint density at radius 3 is 2.45 bits per heavy atom. The van der Waals surface area contributed by atoms with Crippen LogP contribution >= 0.6 is 0 Å². The molecule has 0 saturated heterocycles. The van der Waals surface area contributed by atoms with Crippen LogP contribution in [0.15, 0.2) is 12.3 Å². The van der Waals surface area contributed by atoms with Crippen LogP contribution in [0.3, 0.4) is 0 Å². The van der Waals surface area contributed by atoms with Gasteiger partial charge < -0.3 is 9.64 Å². The highest BCUT2D eigenvalue weighted by Crippen LogP contribution is 2.07. The van der Waals surface area contributed by atoms with E-state index in [2.05, 4.69) is 25.5 Å². The van der Waals surface area contributed by atoms with Gasteiger partial charge in [0, 0.05) is 19.9 Å². The minimum atomic E-state index is 0.470. The van der Waals surface area contributed by atoms with Crippen LogP contribution in [0, 0.1) is 0 Å². The molecule has 0 aromatic heterocycles. The molecule has 66 valence electrons. The van der Waals surface area contributed by atoms with E-state index in [1.165, 1.54) is 0 Å². The lowest BCUT2D eigenvalue weighted by molar-refractivity contribution is 0.121. The van der Waals surface area contributed by atoms with Crippen molar-refractivity contribution in [1.29, 1.82) is 0 Å². The normalized spacial score (nSPS) is 12.7. The zero-order valence-electron chi connectivity index (χ0n) is 8.05. The monoisotopic (exact) mass is 157 g/mol. The molecule has 0 aromatic rings. The Labute approximate surface area is 69.8 Å². The molecule has 0 heterocycles. The van der Waals surface area contributed by atoms with Gasteiger partial charge in [0.1, 0.15) is 0 Å². The lowest BCUT2D eigenvalue weighted by atomic mass is 10.2. The second-order valence-electron chi connectivity index (χ2n) is 2.86. The van der Waals surface area contributed by atoms with E-state index in [1.807, 2.05) is 6.92 Å².